The highest BCUT2D eigenvalue weighted by molar-refractivity contribution is 5.89. The predicted molar refractivity (Wildman–Crippen MR) is 72.5 cm³/mol. The number of rotatable bonds is 8. The van der Waals surface area contributed by atoms with Gasteiger partial charge >= 0.3 is 0 Å². The third-order valence-corrected chi connectivity index (χ3v) is 3.36. The smallest absolute Gasteiger partial charge is 0.0583 e. The minimum Gasteiger partial charge on any atom is -0.312 e. The SMILES string of the molecule is C=CC(C=N)(C=N)CC(C=C)(C=C)C(C)C. The van der Waals surface area contributed by atoms with Gasteiger partial charge in [0.1, 0.15) is 0 Å². The molecule has 0 atom stereocenters. The largest absolute Gasteiger partial charge is 0.312 e. The van der Waals surface area contributed by atoms with Crippen LogP contribution >= 0.6 is 0 Å². The molecule has 0 aromatic carbocycles. The minimum absolute atomic E-state index is 0.275. The van der Waals surface area contributed by atoms with Crippen LogP contribution in [0.1, 0.15) is 20.3 Å². The first-order chi connectivity index (χ1) is 7.45. The second-order valence-electron chi connectivity index (χ2n) is 4.46. The third-order valence-electron chi connectivity index (χ3n) is 3.36. The highest BCUT2D eigenvalue weighted by Crippen LogP contribution is 2.41. The Bertz CT molecular complexity index is 270. The zero-order valence-corrected chi connectivity index (χ0v) is 10.3. The molecule has 0 heterocycles. The molecule has 0 saturated carbocycles. The van der Waals surface area contributed by atoms with E-state index in [1.54, 1.807) is 6.08 Å². The van der Waals surface area contributed by atoms with Crippen LogP contribution in [0.4, 0.5) is 0 Å². The lowest BCUT2D eigenvalue weighted by Gasteiger charge is -2.37. The molecule has 16 heavy (non-hydrogen) atoms. The van der Waals surface area contributed by atoms with Crippen LogP contribution < -0.4 is 0 Å². The maximum Gasteiger partial charge on any atom is 0.0583 e. The molecule has 0 aromatic heterocycles. The van der Waals surface area contributed by atoms with E-state index in [4.69, 9.17) is 10.8 Å². The molecule has 0 aliphatic heterocycles. The van der Waals surface area contributed by atoms with E-state index in [9.17, 15) is 0 Å². The molecule has 0 amide bonds. The summed E-state index contributed by atoms with van der Waals surface area (Å²) in [7, 11) is 0. The van der Waals surface area contributed by atoms with Crippen LogP contribution in [0.25, 0.3) is 0 Å². The van der Waals surface area contributed by atoms with Gasteiger partial charge in [-0.3, -0.25) is 0 Å². The van der Waals surface area contributed by atoms with Crippen LogP contribution in [0.15, 0.2) is 38.0 Å². The van der Waals surface area contributed by atoms with E-state index in [0.29, 0.717) is 12.3 Å². The van der Waals surface area contributed by atoms with Crippen molar-refractivity contribution in [2.45, 2.75) is 20.3 Å². The maximum atomic E-state index is 7.46. The number of hydrogen-bond acceptors (Lipinski definition) is 2. The molecule has 0 aliphatic rings. The zero-order valence-electron chi connectivity index (χ0n) is 10.3. The van der Waals surface area contributed by atoms with Gasteiger partial charge in [-0.1, -0.05) is 32.1 Å². The first-order valence-electron chi connectivity index (χ1n) is 5.40. The van der Waals surface area contributed by atoms with Crippen LogP contribution in [0.3, 0.4) is 0 Å². The Labute approximate surface area is 98.8 Å². The molecule has 0 unspecified atom stereocenters. The quantitative estimate of drug-likeness (QED) is 0.459. The van der Waals surface area contributed by atoms with Gasteiger partial charge in [0.15, 0.2) is 0 Å². The van der Waals surface area contributed by atoms with E-state index in [2.05, 4.69) is 33.6 Å². The Morgan fingerprint density at radius 2 is 1.44 bits per heavy atom. The monoisotopic (exact) mass is 218 g/mol. The summed E-state index contributed by atoms with van der Waals surface area (Å²) in [6.07, 6.45) is 8.46. The van der Waals surface area contributed by atoms with Crippen LogP contribution in [-0.4, -0.2) is 12.4 Å². The second kappa shape index (κ2) is 5.59. The van der Waals surface area contributed by atoms with Gasteiger partial charge in [0, 0.05) is 17.8 Å². The molecule has 2 nitrogen and oxygen atoms in total. The molecular formula is C14H22N2. The molecule has 0 spiro atoms. The minimum atomic E-state index is -0.702. The van der Waals surface area contributed by atoms with Gasteiger partial charge in [0.25, 0.3) is 0 Å². The fraction of sp³-hybridized carbons (Fsp3) is 0.429. The Kier molecular flexibility index (Phi) is 5.09. The highest BCUT2D eigenvalue weighted by atomic mass is 14.5. The molecule has 0 fully saturated rings. The topological polar surface area (TPSA) is 47.7 Å². The van der Waals surface area contributed by atoms with Crippen molar-refractivity contribution in [3.8, 4) is 0 Å². The Hall–Kier alpha value is -1.44. The van der Waals surface area contributed by atoms with Crippen LogP contribution in [0.2, 0.25) is 0 Å². The van der Waals surface area contributed by atoms with E-state index < -0.39 is 5.41 Å². The third kappa shape index (κ3) is 2.57. The molecule has 0 saturated heterocycles. The molecule has 0 bridgehead atoms. The van der Waals surface area contributed by atoms with Crippen molar-refractivity contribution in [2.24, 2.45) is 16.7 Å². The summed E-state index contributed by atoms with van der Waals surface area (Å²) in [5.41, 5.74) is -0.976. The fourth-order valence-corrected chi connectivity index (χ4v) is 1.77. The highest BCUT2D eigenvalue weighted by Gasteiger charge is 2.35. The summed E-state index contributed by atoms with van der Waals surface area (Å²) in [6.45, 7) is 15.6. The lowest BCUT2D eigenvalue weighted by atomic mass is 9.66. The van der Waals surface area contributed by atoms with E-state index in [-0.39, 0.29) is 5.41 Å². The molecule has 0 rings (SSSR count). The van der Waals surface area contributed by atoms with Crippen molar-refractivity contribution < 1.29 is 0 Å². The Morgan fingerprint density at radius 3 is 1.62 bits per heavy atom. The van der Waals surface area contributed by atoms with Crippen molar-refractivity contribution in [1.82, 2.24) is 0 Å². The van der Waals surface area contributed by atoms with E-state index >= 15 is 0 Å². The van der Waals surface area contributed by atoms with Gasteiger partial charge in [-0.25, -0.2) is 0 Å². The summed E-state index contributed by atoms with van der Waals surface area (Å²) >= 11 is 0. The molecule has 2 N–H and O–H groups in total. The Morgan fingerprint density at radius 1 is 1.00 bits per heavy atom. The van der Waals surface area contributed by atoms with E-state index in [1.165, 1.54) is 12.4 Å². The molecular weight excluding hydrogens is 196 g/mol. The van der Waals surface area contributed by atoms with Crippen molar-refractivity contribution in [3.63, 3.8) is 0 Å². The van der Waals surface area contributed by atoms with Gasteiger partial charge in [-0.2, -0.15) is 0 Å². The maximum absolute atomic E-state index is 7.46. The van der Waals surface area contributed by atoms with Crippen molar-refractivity contribution in [3.05, 3.63) is 38.0 Å². The standard InChI is InChI=1S/C14H22N2/c1-6-13(10-15,11-16)9-14(7-2,8-3)12(4)5/h6-8,10-12,15-16H,1-3,9H2,4-5H3. The number of allylic oxidation sites excluding steroid dienone is 3. The number of hydrogen-bond donors (Lipinski definition) is 2. The van der Waals surface area contributed by atoms with Gasteiger partial charge in [0.2, 0.25) is 0 Å². The zero-order chi connectivity index (χ0) is 12.8. The average Bonchev–Trinajstić information content (AvgIpc) is 2.32. The molecule has 88 valence electrons. The predicted octanol–water partition coefficient (Wildman–Crippen LogP) is 3.86. The van der Waals surface area contributed by atoms with Crippen molar-refractivity contribution >= 4 is 12.4 Å². The first kappa shape index (κ1) is 14.6. The summed E-state index contributed by atoms with van der Waals surface area (Å²) in [6, 6.07) is 0. The fourth-order valence-electron chi connectivity index (χ4n) is 1.77. The second-order valence-corrected chi connectivity index (χ2v) is 4.46. The lowest BCUT2D eigenvalue weighted by Crippen LogP contribution is -2.33. The summed E-state index contributed by atoms with van der Waals surface area (Å²) < 4.78 is 0. The lowest BCUT2D eigenvalue weighted by molar-refractivity contribution is 0.294. The van der Waals surface area contributed by atoms with Gasteiger partial charge < -0.3 is 10.8 Å². The van der Waals surface area contributed by atoms with Crippen LogP contribution in [-0.2, 0) is 0 Å². The van der Waals surface area contributed by atoms with E-state index in [1.807, 2.05) is 12.2 Å². The molecule has 0 aliphatic carbocycles. The molecule has 0 radical (unpaired) electrons. The normalized spacial score (nSPS) is 14.9. The first-order valence-corrected chi connectivity index (χ1v) is 5.40. The van der Waals surface area contributed by atoms with E-state index in [0.717, 1.165) is 0 Å². The van der Waals surface area contributed by atoms with Gasteiger partial charge in [-0.15, -0.1) is 19.7 Å². The van der Waals surface area contributed by atoms with Crippen LogP contribution in [0, 0.1) is 27.6 Å². The summed E-state index contributed by atoms with van der Waals surface area (Å²) in [5.74, 6) is 0.321. The van der Waals surface area contributed by atoms with Crippen molar-refractivity contribution in [1.29, 1.82) is 10.8 Å². The van der Waals surface area contributed by atoms with Gasteiger partial charge in [0.05, 0.1) is 5.41 Å². The van der Waals surface area contributed by atoms with Gasteiger partial charge in [-0.05, 0) is 12.3 Å². The summed E-state index contributed by atoms with van der Waals surface area (Å²) in [5, 5.41) is 14.9. The van der Waals surface area contributed by atoms with Crippen molar-refractivity contribution in [2.75, 3.05) is 0 Å². The average molecular weight is 218 g/mol. The molecule has 2 heteroatoms. The Balaban J connectivity index is 5.37. The summed E-state index contributed by atoms with van der Waals surface area (Å²) in [4.78, 5) is 0. The molecule has 0 aromatic rings. The number of nitrogens with one attached hydrogen (secondary N) is 2. The van der Waals surface area contributed by atoms with Crippen LogP contribution in [0.5, 0.6) is 0 Å².